The van der Waals surface area contributed by atoms with Crippen molar-refractivity contribution < 1.29 is 64.3 Å². The van der Waals surface area contributed by atoms with Crippen LogP contribution in [0, 0.1) is 23.7 Å². The molecule has 50 valence electrons. The topological polar surface area (TPSA) is 23.8 Å². The average molecular weight is 173 g/mol. The van der Waals surface area contributed by atoms with Crippen molar-refractivity contribution in [2.75, 3.05) is 0 Å². The van der Waals surface area contributed by atoms with Crippen LogP contribution in [0.25, 0.3) is 0 Å². The third kappa shape index (κ3) is 16.0. The van der Waals surface area contributed by atoms with Crippen LogP contribution in [-0.4, -0.2) is 7.54 Å². The van der Waals surface area contributed by atoms with E-state index in [0.717, 1.165) is 6.42 Å². The molecule has 6 heteroatoms. The Hall–Kier alpha value is 0.981. The molecule has 1 fully saturated rings. The van der Waals surface area contributed by atoms with E-state index >= 15 is 0 Å². The first-order valence-corrected chi connectivity index (χ1v) is 2.32. The van der Waals surface area contributed by atoms with Gasteiger partial charge in [-0.25, -0.2) is 5.26 Å². The van der Waals surface area contributed by atoms with E-state index in [2.05, 4.69) is 6.07 Å². The molecule has 1 aliphatic rings. The third-order valence-electron chi connectivity index (χ3n) is 0.637. The van der Waals surface area contributed by atoms with Crippen LogP contribution in [-0.2, 0) is 0 Å². The normalized spacial score (nSPS) is 18.8. The first-order valence-electron chi connectivity index (χ1n) is 2.32. The summed E-state index contributed by atoms with van der Waals surface area (Å²) in [4.78, 5) is 0. The molecule has 0 radical (unpaired) electrons. The van der Waals surface area contributed by atoms with E-state index in [1.807, 2.05) is 6.42 Å². The van der Waals surface area contributed by atoms with Crippen molar-refractivity contribution in [3.8, 4) is 6.07 Å². The van der Waals surface area contributed by atoms with Crippen LogP contribution in [0.3, 0.4) is 0 Å². The average Bonchev–Trinajstić information content (AvgIpc) is 2.43. The van der Waals surface area contributed by atoms with Gasteiger partial charge in [-0.15, -0.1) is 5.92 Å². The monoisotopic (exact) mass is 173 g/mol. The third-order valence-corrected chi connectivity index (χ3v) is 0.637. The first kappa shape index (κ1) is 13.6. The second-order valence-electron chi connectivity index (χ2n) is 1.45. The SMILES string of the molecule is FB(F)F.N#CC1[CH-]C1.[K+]. The van der Waals surface area contributed by atoms with Gasteiger partial charge < -0.3 is 6.42 Å². The van der Waals surface area contributed by atoms with Gasteiger partial charge in [0.2, 0.25) is 0 Å². The minimum absolute atomic E-state index is 0. The Bertz CT molecular complexity index is 109. The summed E-state index contributed by atoms with van der Waals surface area (Å²) < 4.78 is 29.0. The number of nitriles is 1. The summed E-state index contributed by atoms with van der Waals surface area (Å²) in [6.07, 6.45) is 3.01. The summed E-state index contributed by atoms with van der Waals surface area (Å²) in [7, 11) is -3.67. The maximum absolute atomic E-state index is 9.67. The van der Waals surface area contributed by atoms with Crippen LogP contribution in [0.4, 0.5) is 12.9 Å². The van der Waals surface area contributed by atoms with E-state index in [-0.39, 0.29) is 51.4 Å². The molecule has 0 N–H and O–H groups in total. The molecule has 1 rings (SSSR count). The van der Waals surface area contributed by atoms with Crippen LogP contribution in [0.1, 0.15) is 6.42 Å². The number of hydrogen-bond donors (Lipinski definition) is 0. The van der Waals surface area contributed by atoms with Crippen molar-refractivity contribution in [1.82, 2.24) is 0 Å². The molecule has 10 heavy (non-hydrogen) atoms. The molecular weight excluding hydrogens is 169 g/mol. The Balaban J connectivity index is 0. The van der Waals surface area contributed by atoms with Crippen molar-refractivity contribution in [3.05, 3.63) is 6.42 Å². The molecule has 1 nitrogen and oxygen atoms in total. The van der Waals surface area contributed by atoms with Crippen LogP contribution in [0.15, 0.2) is 0 Å². The zero-order valence-corrected chi connectivity index (χ0v) is 8.64. The molecule has 0 aliphatic heterocycles. The second kappa shape index (κ2) is 8.08. The summed E-state index contributed by atoms with van der Waals surface area (Å²) in [6.45, 7) is 0. The summed E-state index contributed by atoms with van der Waals surface area (Å²) in [5.41, 5.74) is 0. The van der Waals surface area contributed by atoms with Gasteiger partial charge in [0.15, 0.2) is 0 Å². The van der Waals surface area contributed by atoms with Gasteiger partial charge in [-0.2, -0.15) is 6.42 Å². The van der Waals surface area contributed by atoms with E-state index in [9.17, 15) is 12.9 Å². The van der Waals surface area contributed by atoms with Gasteiger partial charge >= 0.3 is 58.9 Å². The number of halogens is 3. The van der Waals surface area contributed by atoms with Crippen molar-refractivity contribution in [1.29, 1.82) is 5.26 Å². The van der Waals surface area contributed by atoms with E-state index in [4.69, 9.17) is 5.26 Å². The molecule has 1 aliphatic carbocycles. The van der Waals surface area contributed by atoms with E-state index in [0.29, 0.717) is 5.92 Å². The molecule has 0 spiro atoms. The fourth-order valence-electron chi connectivity index (χ4n) is 0.173. The number of hydrogen-bond acceptors (Lipinski definition) is 1. The molecule has 0 aromatic rings. The second-order valence-corrected chi connectivity index (χ2v) is 1.45. The van der Waals surface area contributed by atoms with E-state index in [1.54, 1.807) is 0 Å². The fourth-order valence-corrected chi connectivity index (χ4v) is 0.173. The summed E-state index contributed by atoms with van der Waals surface area (Å²) in [6, 6.07) is 2.08. The van der Waals surface area contributed by atoms with Crippen LogP contribution in [0.2, 0.25) is 0 Å². The Morgan fingerprint density at radius 1 is 1.50 bits per heavy atom. The van der Waals surface area contributed by atoms with Crippen LogP contribution in [0.5, 0.6) is 0 Å². The van der Waals surface area contributed by atoms with E-state index < -0.39 is 7.54 Å². The van der Waals surface area contributed by atoms with Crippen molar-refractivity contribution >= 4 is 7.54 Å². The number of rotatable bonds is 0. The van der Waals surface area contributed by atoms with Crippen molar-refractivity contribution in [2.24, 2.45) is 5.92 Å². The predicted molar refractivity (Wildman–Crippen MR) is 27.1 cm³/mol. The van der Waals surface area contributed by atoms with Gasteiger partial charge in [-0.3, -0.25) is 12.9 Å². The molecule has 1 saturated carbocycles. The molecule has 0 heterocycles. The molecule has 0 amide bonds. The molecule has 0 saturated heterocycles. The van der Waals surface area contributed by atoms with Gasteiger partial charge in [0.05, 0.1) is 0 Å². The molecule has 0 bridgehead atoms. The minimum Gasteiger partial charge on any atom is -0.315 e. The first-order chi connectivity index (χ1) is 4.16. The van der Waals surface area contributed by atoms with Crippen molar-refractivity contribution in [2.45, 2.75) is 6.42 Å². The Morgan fingerprint density at radius 2 is 1.80 bits per heavy atom. The molecule has 0 aromatic heterocycles. The fraction of sp³-hybridized carbons (Fsp3) is 0.500. The summed E-state index contributed by atoms with van der Waals surface area (Å²) in [5.74, 6) is 0.315. The summed E-state index contributed by atoms with van der Waals surface area (Å²) >= 11 is 0. The number of nitrogens with zero attached hydrogens (tertiary/aromatic N) is 1. The zero-order valence-electron chi connectivity index (χ0n) is 5.52. The van der Waals surface area contributed by atoms with Gasteiger partial charge in [0.25, 0.3) is 0 Å². The molecule has 1 atom stereocenters. The quantitative estimate of drug-likeness (QED) is 0.327. The zero-order chi connectivity index (χ0) is 7.28. The standard InChI is InChI=1S/C4H4N.BF3.K/c5-3-4-1-2-4;2-1(3)4;/h1,4H,2H2;;/q-1;;+1. The molecule has 0 aromatic carbocycles. The largest absolute Gasteiger partial charge is 1.00 e. The Labute approximate surface area is 101 Å². The molecule has 1 unspecified atom stereocenters. The molecular formula is C4H4BF3KN. The van der Waals surface area contributed by atoms with Crippen molar-refractivity contribution in [3.63, 3.8) is 0 Å². The minimum atomic E-state index is -3.67. The Morgan fingerprint density at radius 3 is 1.80 bits per heavy atom. The van der Waals surface area contributed by atoms with E-state index in [1.165, 1.54) is 0 Å². The maximum atomic E-state index is 9.67. The van der Waals surface area contributed by atoms with Gasteiger partial charge in [-0.05, 0) is 0 Å². The van der Waals surface area contributed by atoms with Crippen LogP contribution >= 0.6 is 0 Å². The maximum Gasteiger partial charge on any atom is 1.00 e. The summed E-state index contributed by atoms with van der Waals surface area (Å²) in [5, 5.41) is 7.92. The van der Waals surface area contributed by atoms with Gasteiger partial charge in [0, 0.05) is 6.07 Å². The van der Waals surface area contributed by atoms with Crippen LogP contribution < -0.4 is 51.4 Å². The Kier molecular flexibility index (Phi) is 11.0. The smallest absolute Gasteiger partial charge is 0.315 e. The predicted octanol–water partition coefficient (Wildman–Crippen LogP) is -1.38. The van der Waals surface area contributed by atoms with Gasteiger partial charge in [0.1, 0.15) is 0 Å². The van der Waals surface area contributed by atoms with Gasteiger partial charge in [-0.1, -0.05) is 0 Å².